The summed E-state index contributed by atoms with van der Waals surface area (Å²) in [5, 5.41) is 2.33. The van der Waals surface area contributed by atoms with Gasteiger partial charge in [-0.1, -0.05) is 96.4 Å². The summed E-state index contributed by atoms with van der Waals surface area (Å²) in [4.78, 5) is 29.6. The average molecular weight is 714 g/mol. The summed E-state index contributed by atoms with van der Waals surface area (Å²) in [6.45, 7) is 6.42. The van der Waals surface area contributed by atoms with Gasteiger partial charge in [0.25, 0.3) is 10.0 Å². The van der Waals surface area contributed by atoms with Crippen LogP contribution in [-0.4, -0.2) is 43.8 Å². The van der Waals surface area contributed by atoms with Crippen molar-refractivity contribution < 1.29 is 31.2 Å². The van der Waals surface area contributed by atoms with Crippen LogP contribution in [0.15, 0.2) is 102 Å². The van der Waals surface area contributed by atoms with Crippen molar-refractivity contribution in [2.24, 2.45) is 0 Å². The lowest BCUT2D eigenvalue weighted by atomic mass is 10.0. The van der Waals surface area contributed by atoms with E-state index in [9.17, 15) is 31.2 Å². The van der Waals surface area contributed by atoms with E-state index >= 15 is 0 Å². The maximum absolute atomic E-state index is 14.6. The molecule has 0 heterocycles. The monoisotopic (exact) mass is 713 g/mol. The molecule has 4 aromatic carbocycles. The van der Waals surface area contributed by atoms with Crippen LogP contribution in [-0.2, 0) is 38.8 Å². The maximum atomic E-state index is 14.6. The average Bonchev–Trinajstić information content (AvgIpc) is 3.06. The second-order valence-electron chi connectivity index (χ2n) is 12.0. The van der Waals surface area contributed by atoms with E-state index in [0.717, 1.165) is 28.8 Å². The summed E-state index contributed by atoms with van der Waals surface area (Å²) >= 11 is 5.89. The van der Waals surface area contributed by atoms with Crippen molar-refractivity contribution in [2.45, 2.75) is 70.2 Å². The number of rotatable bonds is 13. The van der Waals surface area contributed by atoms with Crippen molar-refractivity contribution in [1.29, 1.82) is 0 Å². The first-order valence-corrected chi connectivity index (χ1v) is 17.6. The van der Waals surface area contributed by atoms with Gasteiger partial charge in [0.15, 0.2) is 0 Å². The van der Waals surface area contributed by atoms with E-state index in [-0.39, 0.29) is 23.9 Å². The molecular weight excluding hydrogens is 675 g/mol. The number of halogens is 4. The molecular formula is C37H39ClF3N3O4S. The lowest BCUT2D eigenvalue weighted by Crippen LogP contribution is -2.54. The zero-order valence-electron chi connectivity index (χ0n) is 27.7. The summed E-state index contributed by atoms with van der Waals surface area (Å²) < 4.78 is 70.9. The third kappa shape index (κ3) is 9.64. The van der Waals surface area contributed by atoms with E-state index < -0.39 is 56.9 Å². The highest BCUT2D eigenvalue weighted by Crippen LogP contribution is 2.38. The molecule has 260 valence electrons. The molecule has 0 spiro atoms. The number of aryl methyl sites for hydroxylation is 2. The molecule has 0 unspecified atom stereocenters. The highest BCUT2D eigenvalue weighted by molar-refractivity contribution is 7.92. The van der Waals surface area contributed by atoms with Crippen LogP contribution in [0.4, 0.5) is 18.9 Å². The predicted molar refractivity (Wildman–Crippen MR) is 186 cm³/mol. The number of anilines is 1. The lowest BCUT2D eigenvalue weighted by Gasteiger charge is -2.34. The molecule has 7 nitrogen and oxygen atoms in total. The Bertz CT molecular complexity index is 1850. The zero-order chi connectivity index (χ0) is 35.9. The van der Waals surface area contributed by atoms with E-state index in [4.69, 9.17) is 11.6 Å². The molecule has 4 rings (SSSR count). The Kier molecular flexibility index (Phi) is 12.2. The number of sulfonamides is 1. The Morgan fingerprint density at radius 3 is 2.02 bits per heavy atom. The van der Waals surface area contributed by atoms with Crippen LogP contribution in [0.5, 0.6) is 0 Å². The van der Waals surface area contributed by atoms with Gasteiger partial charge in [-0.05, 0) is 68.7 Å². The van der Waals surface area contributed by atoms with Gasteiger partial charge in [-0.2, -0.15) is 13.2 Å². The van der Waals surface area contributed by atoms with Crippen LogP contribution in [0.25, 0.3) is 0 Å². The number of amides is 2. The summed E-state index contributed by atoms with van der Waals surface area (Å²) in [5.74, 6) is -1.24. The topological polar surface area (TPSA) is 86.8 Å². The van der Waals surface area contributed by atoms with Gasteiger partial charge < -0.3 is 10.2 Å². The molecule has 12 heteroatoms. The van der Waals surface area contributed by atoms with Gasteiger partial charge in [0.1, 0.15) is 12.6 Å². The molecule has 49 heavy (non-hydrogen) atoms. The van der Waals surface area contributed by atoms with Crippen LogP contribution in [0.3, 0.4) is 0 Å². The summed E-state index contributed by atoms with van der Waals surface area (Å²) in [6.07, 6.45) is -4.18. The fourth-order valence-electron chi connectivity index (χ4n) is 5.14. The molecule has 1 N–H and O–H groups in total. The van der Waals surface area contributed by atoms with Crippen molar-refractivity contribution in [3.63, 3.8) is 0 Å². The fourth-order valence-corrected chi connectivity index (χ4v) is 6.77. The van der Waals surface area contributed by atoms with Crippen LogP contribution >= 0.6 is 11.6 Å². The lowest BCUT2D eigenvalue weighted by molar-refractivity contribution is -0.140. The van der Waals surface area contributed by atoms with E-state index in [1.165, 1.54) is 17.0 Å². The number of alkyl halides is 3. The highest BCUT2D eigenvalue weighted by atomic mass is 35.5. The van der Waals surface area contributed by atoms with Crippen LogP contribution in [0.2, 0.25) is 5.02 Å². The Morgan fingerprint density at radius 1 is 0.857 bits per heavy atom. The van der Waals surface area contributed by atoms with Gasteiger partial charge in [-0.3, -0.25) is 13.9 Å². The van der Waals surface area contributed by atoms with Crippen LogP contribution in [0, 0.1) is 13.8 Å². The standard InChI is InChI=1S/C37H39ClF3N3O4S/c1-5-27(4)42-36(46)34(21-28-9-7-6-8-10-28)43(23-29-15-11-25(2)12-16-29)35(45)24-44(49(47,48)31-18-13-26(3)14-19-31)30-17-20-33(38)32(22-30)37(39,40)41/h6-20,22,27,34H,5,21,23-24H2,1-4H3,(H,42,46)/t27-,34-/m0/s1. The molecule has 0 aromatic heterocycles. The molecule has 0 saturated carbocycles. The Labute approximate surface area is 290 Å². The normalized spacial score (nSPS) is 13.0. The number of hydrogen-bond acceptors (Lipinski definition) is 4. The van der Waals surface area contributed by atoms with Crippen molar-refractivity contribution in [3.8, 4) is 0 Å². The third-order valence-electron chi connectivity index (χ3n) is 8.18. The molecule has 0 saturated heterocycles. The summed E-state index contributed by atoms with van der Waals surface area (Å²) in [6, 6.07) is 23.5. The van der Waals surface area contributed by atoms with Crippen LogP contribution < -0.4 is 9.62 Å². The molecule has 0 fully saturated rings. The first kappa shape index (κ1) is 37.5. The SMILES string of the molecule is CC[C@H](C)NC(=O)[C@H](Cc1ccccc1)N(Cc1ccc(C)cc1)C(=O)CN(c1ccc(Cl)c(C(F)(F)F)c1)S(=O)(=O)c1ccc(C)cc1. The predicted octanol–water partition coefficient (Wildman–Crippen LogP) is 7.73. The largest absolute Gasteiger partial charge is 0.417 e. The van der Waals surface area contributed by atoms with Crippen molar-refractivity contribution in [3.05, 3.63) is 130 Å². The number of nitrogens with one attached hydrogen (secondary N) is 1. The molecule has 4 aromatic rings. The van der Waals surface area contributed by atoms with Gasteiger partial charge in [-0.25, -0.2) is 8.42 Å². The van der Waals surface area contributed by atoms with Gasteiger partial charge in [0.05, 0.1) is 21.2 Å². The van der Waals surface area contributed by atoms with E-state index in [0.29, 0.717) is 22.4 Å². The van der Waals surface area contributed by atoms with Crippen molar-refractivity contribution >= 4 is 39.1 Å². The van der Waals surface area contributed by atoms with E-state index in [1.54, 1.807) is 43.3 Å². The molecule has 0 aliphatic heterocycles. The molecule has 0 aliphatic rings. The number of hydrogen-bond donors (Lipinski definition) is 1. The van der Waals surface area contributed by atoms with E-state index in [1.807, 2.05) is 51.1 Å². The van der Waals surface area contributed by atoms with Crippen LogP contribution in [0.1, 0.15) is 48.1 Å². The Morgan fingerprint density at radius 2 is 1.45 bits per heavy atom. The minimum Gasteiger partial charge on any atom is -0.352 e. The van der Waals surface area contributed by atoms with Gasteiger partial charge >= 0.3 is 6.18 Å². The summed E-state index contributed by atoms with van der Waals surface area (Å²) in [5.41, 5.74) is 1.49. The quantitative estimate of drug-likeness (QED) is 0.154. The second-order valence-corrected chi connectivity index (χ2v) is 14.3. The molecule has 2 atom stereocenters. The summed E-state index contributed by atoms with van der Waals surface area (Å²) in [7, 11) is -4.61. The van der Waals surface area contributed by atoms with Crippen molar-refractivity contribution in [2.75, 3.05) is 10.8 Å². The maximum Gasteiger partial charge on any atom is 0.417 e. The number of nitrogens with zero attached hydrogens (tertiary/aromatic N) is 2. The first-order valence-electron chi connectivity index (χ1n) is 15.8. The van der Waals surface area contributed by atoms with Gasteiger partial charge in [0.2, 0.25) is 11.8 Å². The molecule has 2 amide bonds. The minimum atomic E-state index is -4.90. The Hall–Kier alpha value is -4.35. The van der Waals surface area contributed by atoms with Gasteiger partial charge in [0, 0.05) is 19.0 Å². The van der Waals surface area contributed by atoms with E-state index in [2.05, 4.69) is 5.32 Å². The Balaban J connectivity index is 1.87. The molecule has 0 aliphatic carbocycles. The minimum absolute atomic E-state index is 0.0720. The first-order chi connectivity index (χ1) is 23.1. The number of benzene rings is 4. The smallest absolute Gasteiger partial charge is 0.352 e. The van der Waals surface area contributed by atoms with Gasteiger partial charge in [-0.15, -0.1) is 0 Å². The van der Waals surface area contributed by atoms with Crippen molar-refractivity contribution in [1.82, 2.24) is 10.2 Å². The molecule has 0 radical (unpaired) electrons. The second kappa shape index (κ2) is 15.9. The third-order valence-corrected chi connectivity index (χ3v) is 10.3. The molecule has 0 bridgehead atoms. The highest BCUT2D eigenvalue weighted by Gasteiger charge is 2.38. The fraction of sp³-hybridized carbons (Fsp3) is 0.297. The zero-order valence-corrected chi connectivity index (χ0v) is 29.2. The number of carbonyl (C=O) groups excluding carboxylic acids is 2. The number of carbonyl (C=O) groups is 2.